The molecule has 1 aliphatic heterocycles. The van der Waals surface area contributed by atoms with Gasteiger partial charge in [0.15, 0.2) is 0 Å². The topological polar surface area (TPSA) is 32.3 Å². The molecule has 2 bridgehead atoms. The molecule has 0 radical (unpaired) electrons. The van der Waals surface area contributed by atoms with Crippen LogP contribution in [-0.2, 0) is 4.79 Å². The molecule has 0 aromatic carbocycles. The fraction of sp³-hybridized carbons (Fsp3) is 0.938. The van der Waals surface area contributed by atoms with E-state index in [1.165, 1.54) is 38.5 Å². The van der Waals surface area contributed by atoms with Crippen molar-refractivity contribution in [1.82, 2.24) is 10.2 Å². The highest BCUT2D eigenvalue weighted by Crippen LogP contribution is 2.49. The molecule has 0 aromatic heterocycles. The predicted octanol–water partition coefficient (Wildman–Crippen LogP) is 2.41. The van der Waals surface area contributed by atoms with E-state index in [1.54, 1.807) is 0 Å². The second-order valence-corrected chi connectivity index (χ2v) is 7.05. The molecule has 3 fully saturated rings. The summed E-state index contributed by atoms with van der Waals surface area (Å²) >= 11 is 0. The van der Waals surface area contributed by atoms with E-state index in [1.807, 2.05) is 11.8 Å². The molecule has 1 amide bonds. The van der Waals surface area contributed by atoms with Crippen LogP contribution in [-0.4, -0.2) is 36.0 Å². The van der Waals surface area contributed by atoms with E-state index in [-0.39, 0.29) is 6.04 Å². The monoisotopic (exact) mass is 264 g/mol. The largest absolute Gasteiger partial charge is 0.341 e. The summed E-state index contributed by atoms with van der Waals surface area (Å²) in [6, 6.07) is 0.490. The fourth-order valence-corrected chi connectivity index (χ4v) is 4.71. The van der Waals surface area contributed by atoms with Gasteiger partial charge in [-0.1, -0.05) is 6.42 Å². The highest BCUT2D eigenvalue weighted by Gasteiger charge is 2.42. The zero-order valence-corrected chi connectivity index (χ0v) is 12.4. The minimum Gasteiger partial charge on any atom is -0.341 e. The summed E-state index contributed by atoms with van der Waals surface area (Å²) in [5.41, 5.74) is 0. The van der Waals surface area contributed by atoms with E-state index in [2.05, 4.69) is 12.2 Å². The Labute approximate surface area is 117 Å². The van der Waals surface area contributed by atoms with Gasteiger partial charge < -0.3 is 10.2 Å². The molecule has 3 aliphatic rings. The van der Waals surface area contributed by atoms with Crippen LogP contribution in [0.1, 0.15) is 52.4 Å². The Morgan fingerprint density at radius 1 is 1.16 bits per heavy atom. The molecule has 2 aliphatic carbocycles. The zero-order valence-electron chi connectivity index (χ0n) is 12.4. The number of hydrogen-bond acceptors (Lipinski definition) is 2. The summed E-state index contributed by atoms with van der Waals surface area (Å²) in [4.78, 5) is 14.4. The molecule has 19 heavy (non-hydrogen) atoms. The van der Waals surface area contributed by atoms with Gasteiger partial charge in [0.25, 0.3) is 0 Å². The van der Waals surface area contributed by atoms with E-state index >= 15 is 0 Å². The van der Waals surface area contributed by atoms with Crippen LogP contribution in [0.3, 0.4) is 0 Å². The Kier molecular flexibility index (Phi) is 3.84. The molecule has 1 N–H and O–H groups in total. The maximum atomic E-state index is 12.3. The van der Waals surface area contributed by atoms with Crippen molar-refractivity contribution in [3.63, 3.8) is 0 Å². The van der Waals surface area contributed by atoms with Gasteiger partial charge in [-0.3, -0.25) is 4.79 Å². The molecular weight excluding hydrogens is 236 g/mol. The van der Waals surface area contributed by atoms with Gasteiger partial charge in [0.1, 0.15) is 0 Å². The third-order valence-corrected chi connectivity index (χ3v) is 5.74. The Balaban J connectivity index is 1.51. The summed E-state index contributed by atoms with van der Waals surface area (Å²) in [6.45, 7) is 6.27. The highest BCUT2D eigenvalue weighted by atomic mass is 16.2. The molecule has 1 heterocycles. The van der Waals surface area contributed by atoms with Crippen molar-refractivity contribution >= 4 is 5.91 Å². The van der Waals surface area contributed by atoms with Gasteiger partial charge in [0, 0.05) is 19.1 Å². The van der Waals surface area contributed by atoms with Crippen molar-refractivity contribution in [2.24, 2.45) is 17.8 Å². The lowest BCUT2D eigenvalue weighted by atomic mass is 9.84. The molecule has 1 saturated heterocycles. The zero-order chi connectivity index (χ0) is 13.4. The Morgan fingerprint density at radius 2 is 1.89 bits per heavy atom. The number of likely N-dealkylation sites (tertiary alicyclic amines) is 1. The normalized spacial score (nSPS) is 36.7. The molecule has 2 saturated carbocycles. The number of hydrogen-bond donors (Lipinski definition) is 1. The van der Waals surface area contributed by atoms with Crippen LogP contribution in [0.5, 0.6) is 0 Å². The summed E-state index contributed by atoms with van der Waals surface area (Å²) < 4.78 is 0. The van der Waals surface area contributed by atoms with E-state index in [9.17, 15) is 4.79 Å². The average Bonchev–Trinajstić information content (AvgIpc) is 3.13. The third-order valence-electron chi connectivity index (χ3n) is 5.74. The molecule has 0 aromatic rings. The summed E-state index contributed by atoms with van der Waals surface area (Å²) in [6.07, 6.45) is 8.08. The minimum atomic E-state index is -0.00720. The van der Waals surface area contributed by atoms with Crippen molar-refractivity contribution in [3.05, 3.63) is 0 Å². The second kappa shape index (κ2) is 5.43. The molecular formula is C16H28N2O. The number of nitrogens with zero attached hydrogens (tertiary/aromatic N) is 1. The first-order valence-electron chi connectivity index (χ1n) is 8.20. The molecule has 3 rings (SSSR count). The van der Waals surface area contributed by atoms with Crippen LogP contribution in [0.15, 0.2) is 0 Å². The van der Waals surface area contributed by atoms with Gasteiger partial charge in [-0.05, 0) is 63.7 Å². The number of nitrogens with one attached hydrogen (secondary N) is 1. The van der Waals surface area contributed by atoms with Crippen LogP contribution in [0.2, 0.25) is 0 Å². The Morgan fingerprint density at radius 3 is 2.47 bits per heavy atom. The first kappa shape index (κ1) is 13.4. The molecule has 108 valence electrons. The maximum absolute atomic E-state index is 12.3. The molecule has 3 nitrogen and oxygen atoms in total. The number of carbonyl (C=O) groups excluding carboxylic acids is 1. The van der Waals surface area contributed by atoms with Gasteiger partial charge in [-0.15, -0.1) is 0 Å². The van der Waals surface area contributed by atoms with Crippen molar-refractivity contribution in [2.45, 2.75) is 64.5 Å². The summed E-state index contributed by atoms with van der Waals surface area (Å²) in [5.74, 6) is 3.05. The smallest absolute Gasteiger partial charge is 0.239 e. The van der Waals surface area contributed by atoms with Gasteiger partial charge in [0.05, 0.1) is 6.04 Å². The predicted molar refractivity (Wildman–Crippen MR) is 76.8 cm³/mol. The van der Waals surface area contributed by atoms with Gasteiger partial charge >= 0.3 is 0 Å². The van der Waals surface area contributed by atoms with Crippen molar-refractivity contribution < 1.29 is 4.79 Å². The van der Waals surface area contributed by atoms with E-state index in [0.717, 1.165) is 30.8 Å². The Hall–Kier alpha value is -0.570. The number of carbonyl (C=O) groups is 1. The van der Waals surface area contributed by atoms with E-state index in [4.69, 9.17) is 0 Å². The van der Waals surface area contributed by atoms with Gasteiger partial charge in [-0.25, -0.2) is 0 Å². The van der Waals surface area contributed by atoms with Crippen molar-refractivity contribution in [1.29, 1.82) is 0 Å². The quantitative estimate of drug-likeness (QED) is 0.845. The molecule has 0 spiro atoms. The van der Waals surface area contributed by atoms with Gasteiger partial charge in [0.2, 0.25) is 5.91 Å². The van der Waals surface area contributed by atoms with E-state index in [0.29, 0.717) is 11.9 Å². The average molecular weight is 264 g/mol. The molecule has 3 unspecified atom stereocenters. The SMILES string of the molecule is CC(NC(C)C1C[C@H]2CC[C@@H]1C2)C(=O)N1CCCC1. The molecule has 5 atom stereocenters. The summed E-state index contributed by atoms with van der Waals surface area (Å²) in [7, 11) is 0. The van der Waals surface area contributed by atoms with Crippen molar-refractivity contribution in [3.8, 4) is 0 Å². The van der Waals surface area contributed by atoms with Crippen LogP contribution in [0.25, 0.3) is 0 Å². The molecule has 3 heteroatoms. The first-order chi connectivity index (χ1) is 9.15. The van der Waals surface area contributed by atoms with Crippen molar-refractivity contribution in [2.75, 3.05) is 13.1 Å². The van der Waals surface area contributed by atoms with Crippen LogP contribution in [0.4, 0.5) is 0 Å². The number of amides is 1. The van der Waals surface area contributed by atoms with Crippen LogP contribution >= 0.6 is 0 Å². The standard InChI is InChI=1S/C16H28N2O/c1-11(15-10-13-5-6-14(15)9-13)17-12(2)16(19)18-7-3-4-8-18/h11-15,17H,3-10H2,1-2H3/t11?,12?,13-,14+,15?/m0/s1. The lowest BCUT2D eigenvalue weighted by Gasteiger charge is -2.31. The third kappa shape index (κ3) is 2.67. The van der Waals surface area contributed by atoms with Crippen LogP contribution < -0.4 is 5.32 Å². The lowest BCUT2D eigenvalue weighted by Crippen LogP contribution is -2.49. The Bertz CT molecular complexity index is 338. The first-order valence-corrected chi connectivity index (χ1v) is 8.20. The summed E-state index contributed by atoms with van der Waals surface area (Å²) in [5, 5.41) is 3.59. The lowest BCUT2D eigenvalue weighted by molar-refractivity contribution is -0.132. The number of fused-ring (bicyclic) bond motifs is 2. The van der Waals surface area contributed by atoms with Crippen LogP contribution in [0, 0.1) is 17.8 Å². The highest BCUT2D eigenvalue weighted by molar-refractivity contribution is 5.81. The van der Waals surface area contributed by atoms with Gasteiger partial charge in [-0.2, -0.15) is 0 Å². The van der Waals surface area contributed by atoms with E-state index < -0.39 is 0 Å². The number of rotatable bonds is 4. The second-order valence-electron chi connectivity index (χ2n) is 7.05. The fourth-order valence-electron chi connectivity index (χ4n) is 4.71. The minimum absolute atomic E-state index is 0.00720. The maximum Gasteiger partial charge on any atom is 0.239 e.